The number of anilines is 6. The Morgan fingerprint density at radius 1 is 0.325 bits per heavy atom. The summed E-state index contributed by atoms with van der Waals surface area (Å²) in [4.78, 5) is 14.9. The molecule has 0 aliphatic carbocycles. The van der Waals surface area contributed by atoms with E-state index < -0.39 is 0 Å². The molecule has 0 radical (unpaired) electrons. The molecule has 6 rings (SSSR count). The molecule has 6 aromatic rings. The van der Waals surface area contributed by atoms with E-state index in [-0.39, 0.29) is 0 Å². The fourth-order valence-corrected chi connectivity index (χ4v) is 4.58. The van der Waals surface area contributed by atoms with Crippen molar-refractivity contribution >= 4 is 34.5 Å². The Balaban J connectivity index is 1.37. The van der Waals surface area contributed by atoms with Crippen LogP contribution in [0.4, 0.5) is 34.5 Å². The average Bonchev–Trinajstić information content (AvgIpc) is 3.00. The summed E-state index contributed by atoms with van der Waals surface area (Å²) in [6.45, 7) is 0. The number of nitrogen functional groups attached to an aromatic ring is 3. The average molecular weight is 522 g/mol. The maximum Gasteiger partial charge on any atom is 0.123 e. The van der Waals surface area contributed by atoms with Crippen LogP contribution in [-0.4, -0.2) is 15.0 Å². The van der Waals surface area contributed by atoms with E-state index in [9.17, 15) is 0 Å². The summed E-state index contributed by atoms with van der Waals surface area (Å²) in [5, 5.41) is 0. The first-order valence-electron chi connectivity index (χ1n) is 12.8. The standard InChI is InChI=1S/C33H27N7/c34-31-16-7-25(19-37-31)22-1-10-28(11-2-22)40(29-12-3-23(4-13-29)26-8-17-32(35)38-20-26)30-14-5-24(6-15-30)27-9-18-33(36)39-21-27/h1-21H,(H2,34,37)(H2,35,38)(H2,36,39). The lowest BCUT2D eigenvalue weighted by Gasteiger charge is -2.26. The molecular formula is C33H27N7. The summed E-state index contributed by atoms with van der Waals surface area (Å²) in [5.74, 6) is 1.51. The van der Waals surface area contributed by atoms with Crippen molar-refractivity contribution in [2.24, 2.45) is 0 Å². The van der Waals surface area contributed by atoms with Crippen LogP contribution >= 0.6 is 0 Å². The molecule has 3 heterocycles. The second-order valence-electron chi connectivity index (χ2n) is 9.39. The Labute approximate surface area is 232 Å². The first-order chi connectivity index (χ1) is 19.5. The largest absolute Gasteiger partial charge is 0.384 e. The third kappa shape index (κ3) is 5.16. The van der Waals surface area contributed by atoms with Gasteiger partial charge in [-0.3, -0.25) is 0 Å². The van der Waals surface area contributed by atoms with Crippen molar-refractivity contribution in [3.8, 4) is 33.4 Å². The zero-order valence-corrected chi connectivity index (χ0v) is 21.6. The number of rotatable bonds is 6. The third-order valence-corrected chi connectivity index (χ3v) is 6.74. The van der Waals surface area contributed by atoms with Crippen LogP contribution in [0, 0.1) is 0 Å². The summed E-state index contributed by atoms with van der Waals surface area (Å²) in [6, 6.07) is 36.6. The van der Waals surface area contributed by atoms with E-state index in [0.717, 1.165) is 50.4 Å². The van der Waals surface area contributed by atoms with Gasteiger partial charge in [-0.1, -0.05) is 36.4 Å². The van der Waals surface area contributed by atoms with Crippen LogP contribution in [0.1, 0.15) is 0 Å². The molecule has 0 aliphatic rings. The highest BCUT2D eigenvalue weighted by atomic mass is 15.1. The summed E-state index contributed by atoms with van der Waals surface area (Å²) in [7, 11) is 0. The summed E-state index contributed by atoms with van der Waals surface area (Å²) in [6.07, 6.45) is 5.37. The summed E-state index contributed by atoms with van der Waals surface area (Å²) < 4.78 is 0. The van der Waals surface area contributed by atoms with Gasteiger partial charge in [0.1, 0.15) is 17.5 Å². The normalized spacial score (nSPS) is 10.8. The maximum absolute atomic E-state index is 5.77. The second-order valence-corrected chi connectivity index (χ2v) is 9.39. The Morgan fingerprint density at radius 3 is 0.800 bits per heavy atom. The second kappa shape index (κ2) is 10.6. The lowest BCUT2D eigenvalue weighted by Crippen LogP contribution is -2.09. The number of hydrogen-bond acceptors (Lipinski definition) is 7. The molecular weight excluding hydrogens is 494 g/mol. The van der Waals surface area contributed by atoms with E-state index in [1.54, 1.807) is 18.6 Å². The Hall–Kier alpha value is -5.69. The van der Waals surface area contributed by atoms with Crippen molar-refractivity contribution in [3.05, 3.63) is 128 Å². The molecule has 0 atom stereocenters. The molecule has 0 fully saturated rings. The molecule has 0 unspecified atom stereocenters. The zero-order chi connectivity index (χ0) is 27.5. The van der Waals surface area contributed by atoms with Crippen molar-refractivity contribution in [2.45, 2.75) is 0 Å². The van der Waals surface area contributed by atoms with E-state index in [1.807, 2.05) is 36.4 Å². The lowest BCUT2D eigenvalue weighted by molar-refractivity contribution is 1.28. The molecule has 0 spiro atoms. The van der Waals surface area contributed by atoms with Crippen molar-refractivity contribution in [1.29, 1.82) is 0 Å². The number of hydrogen-bond donors (Lipinski definition) is 3. The SMILES string of the molecule is Nc1ccc(-c2ccc(N(c3ccc(-c4ccc(N)nc4)cc3)c3ccc(-c4ccc(N)nc4)cc3)cc2)cn1. The molecule has 0 amide bonds. The van der Waals surface area contributed by atoms with E-state index in [0.29, 0.717) is 17.5 Å². The molecule has 0 aliphatic heterocycles. The first kappa shape index (κ1) is 24.6. The number of nitrogens with two attached hydrogens (primary N) is 3. The van der Waals surface area contributed by atoms with Crippen LogP contribution in [0.2, 0.25) is 0 Å². The van der Waals surface area contributed by atoms with Gasteiger partial charge < -0.3 is 22.1 Å². The number of pyridine rings is 3. The van der Waals surface area contributed by atoms with Gasteiger partial charge in [-0.15, -0.1) is 0 Å². The minimum Gasteiger partial charge on any atom is -0.384 e. The van der Waals surface area contributed by atoms with Crippen LogP contribution in [-0.2, 0) is 0 Å². The summed E-state index contributed by atoms with van der Waals surface area (Å²) >= 11 is 0. The Morgan fingerprint density at radius 2 is 0.575 bits per heavy atom. The van der Waals surface area contributed by atoms with Crippen molar-refractivity contribution in [2.75, 3.05) is 22.1 Å². The number of aromatic nitrogens is 3. The number of benzene rings is 3. The fourth-order valence-electron chi connectivity index (χ4n) is 4.58. The molecule has 0 saturated carbocycles. The molecule has 3 aromatic carbocycles. The summed E-state index contributed by atoms with van der Waals surface area (Å²) in [5.41, 5.74) is 26.6. The lowest BCUT2D eigenvalue weighted by atomic mass is 10.0. The topological polar surface area (TPSA) is 120 Å². The molecule has 0 saturated heterocycles. The van der Waals surface area contributed by atoms with Crippen LogP contribution in [0.15, 0.2) is 128 Å². The van der Waals surface area contributed by atoms with Crippen molar-refractivity contribution in [1.82, 2.24) is 15.0 Å². The van der Waals surface area contributed by atoms with Gasteiger partial charge in [0.05, 0.1) is 0 Å². The van der Waals surface area contributed by atoms with Crippen LogP contribution in [0.25, 0.3) is 33.4 Å². The van der Waals surface area contributed by atoms with Crippen LogP contribution in [0.3, 0.4) is 0 Å². The quantitative estimate of drug-likeness (QED) is 0.214. The monoisotopic (exact) mass is 521 g/mol. The molecule has 7 heteroatoms. The molecule has 6 N–H and O–H groups in total. The van der Waals surface area contributed by atoms with Gasteiger partial charge in [0, 0.05) is 52.3 Å². The van der Waals surface area contributed by atoms with Gasteiger partial charge in [0.15, 0.2) is 0 Å². The number of nitrogens with zero attached hydrogens (tertiary/aromatic N) is 4. The molecule has 3 aromatic heterocycles. The minimum absolute atomic E-state index is 0.503. The third-order valence-electron chi connectivity index (χ3n) is 6.74. The van der Waals surface area contributed by atoms with Crippen molar-refractivity contribution < 1.29 is 0 Å². The van der Waals surface area contributed by atoms with Crippen molar-refractivity contribution in [3.63, 3.8) is 0 Å². The van der Waals surface area contributed by atoms with Gasteiger partial charge in [-0.2, -0.15) is 0 Å². The van der Waals surface area contributed by atoms with Gasteiger partial charge in [-0.05, 0) is 89.5 Å². The van der Waals surface area contributed by atoms with Crippen LogP contribution < -0.4 is 22.1 Å². The van der Waals surface area contributed by atoms with E-state index in [4.69, 9.17) is 17.2 Å². The van der Waals surface area contributed by atoms with Crippen LogP contribution in [0.5, 0.6) is 0 Å². The van der Waals surface area contributed by atoms with Gasteiger partial charge in [0.25, 0.3) is 0 Å². The Bertz CT molecular complexity index is 1500. The molecule has 194 valence electrons. The van der Waals surface area contributed by atoms with E-state index in [1.165, 1.54) is 0 Å². The smallest absolute Gasteiger partial charge is 0.123 e. The fraction of sp³-hybridized carbons (Fsp3) is 0. The van der Waals surface area contributed by atoms with E-state index >= 15 is 0 Å². The maximum atomic E-state index is 5.77. The van der Waals surface area contributed by atoms with Gasteiger partial charge >= 0.3 is 0 Å². The predicted octanol–water partition coefficient (Wildman–Crippen LogP) is 7.09. The highest BCUT2D eigenvalue weighted by Gasteiger charge is 2.14. The van der Waals surface area contributed by atoms with Gasteiger partial charge in [-0.25, -0.2) is 15.0 Å². The molecule has 0 bridgehead atoms. The van der Waals surface area contributed by atoms with Gasteiger partial charge in [0.2, 0.25) is 0 Å². The molecule has 7 nitrogen and oxygen atoms in total. The molecule has 40 heavy (non-hydrogen) atoms. The first-order valence-corrected chi connectivity index (χ1v) is 12.8. The predicted molar refractivity (Wildman–Crippen MR) is 164 cm³/mol. The highest BCUT2D eigenvalue weighted by Crippen LogP contribution is 2.37. The zero-order valence-electron chi connectivity index (χ0n) is 21.6. The van der Waals surface area contributed by atoms with E-state index in [2.05, 4.69) is 92.6 Å². The Kier molecular flexibility index (Phi) is 6.52. The minimum atomic E-state index is 0.503. The highest BCUT2D eigenvalue weighted by molar-refractivity contribution is 5.81.